The first-order chi connectivity index (χ1) is 16.1. The van der Waals surface area contributed by atoms with Crippen LogP contribution in [0.3, 0.4) is 0 Å². The second-order valence-electron chi connectivity index (χ2n) is 7.60. The molecule has 33 heavy (non-hydrogen) atoms. The van der Waals surface area contributed by atoms with Gasteiger partial charge in [0.2, 0.25) is 5.96 Å². The van der Waals surface area contributed by atoms with E-state index >= 15 is 0 Å². The van der Waals surface area contributed by atoms with E-state index in [1.807, 2.05) is 24.8 Å². The highest BCUT2D eigenvalue weighted by molar-refractivity contribution is 6.01. The molecule has 3 rings (SSSR count). The van der Waals surface area contributed by atoms with Crippen molar-refractivity contribution in [3.05, 3.63) is 48.1 Å². The molecule has 7 nitrogen and oxygen atoms in total. The van der Waals surface area contributed by atoms with Crippen molar-refractivity contribution in [3.8, 4) is 11.5 Å². The van der Waals surface area contributed by atoms with Crippen molar-refractivity contribution in [1.29, 1.82) is 0 Å². The van der Waals surface area contributed by atoms with E-state index in [1.54, 1.807) is 33.4 Å². The topological polar surface area (TPSA) is 66.7 Å². The molecule has 0 N–H and O–H groups in total. The summed E-state index contributed by atoms with van der Waals surface area (Å²) in [6.45, 7) is 8.87. The average Bonchev–Trinajstić information content (AvgIpc) is 3.23. The number of carbonyl (C=O) groups is 1. The smallest absolute Gasteiger partial charge is 0.261 e. The number of guanidine groups is 1. The van der Waals surface area contributed by atoms with Crippen LogP contribution >= 0.6 is 0 Å². The Morgan fingerprint density at radius 2 is 1.64 bits per heavy atom. The van der Waals surface area contributed by atoms with Crippen molar-refractivity contribution in [3.63, 3.8) is 0 Å². The molecule has 0 aromatic heterocycles. The lowest BCUT2D eigenvalue weighted by Crippen LogP contribution is -2.37. The number of methoxy groups -OCH3 is 2. The van der Waals surface area contributed by atoms with Gasteiger partial charge < -0.3 is 19.3 Å². The molecule has 1 heterocycles. The molecular weight excluding hydrogens is 416 g/mol. The number of hydrogen-bond donors (Lipinski definition) is 0. The van der Waals surface area contributed by atoms with Crippen molar-refractivity contribution in [1.82, 2.24) is 9.80 Å². The van der Waals surface area contributed by atoms with E-state index in [9.17, 15) is 4.79 Å². The van der Waals surface area contributed by atoms with Gasteiger partial charge in [0.1, 0.15) is 17.1 Å². The second-order valence-corrected chi connectivity index (χ2v) is 7.60. The Hall–Kier alpha value is -3.09. The highest BCUT2D eigenvalue weighted by Crippen LogP contribution is 2.30. The molecule has 0 saturated carbocycles. The third-order valence-electron chi connectivity index (χ3n) is 5.65. The maximum Gasteiger partial charge on any atom is 0.261 e. The monoisotopic (exact) mass is 454 g/mol. The highest BCUT2D eigenvalue weighted by atomic mass is 16.5. The summed E-state index contributed by atoms with van der Waals surface area (Å²) in [5, 5.41) is 0. The minimum Gasteiger partial charge on any atom is -0.496 e. The Morgan fingerprint density at radius 1 is 1.00 bits per heavy atom. The number of carbonyl (C=O) groups excluding carboxylic acids is 1. The van der Waals surface area contributed by atoms with Gasteiger partial charge in [-0.25, -0.2) is 4.99 Å². The molecule has 0 bridgehead atoms. The predicted molar refractivity (Wildman–Crippen MR) is 136 cm³/mol. The molecule has 1 aliphatic carbocycles. The number of amides is 1. The number of rotatable bonds is 3. The Balaban J connectivity index is 0.00000187. The molecule has 7 heteroatoms. The van der Waals surface area contributed by atoms with E-state index < -0.39 is 0 Å². The first-order valence-electron chi connectivity index (χ1n) is 11.7. The van der Waals surface area contributed by atoms with Crippen molar-refractivity contribution >= 4 is 17.6 Å². The first kappa shape index (κ1) is 26.2. The third kappa shape index (κ3) is 6.70. The van der Waals surface area contributed by atoms with Crippen molar-refractivity contribution < 1.29 is 14.3 Å². The fraction of sp³-hybridized carbons (Fsp3) is 0.500. The van der Waals surface area contributed by atoms with Crippen LogP contribution in [-0.4, -0.2) is 74.8 Å². The third-order valence-corrected chi connectivity index (χ3v) is 5.65. The summed E-state index contributed by atoms with van der Waals surface area (Å²) in [6, 6.07) is 5.39. The lowest BCUT2D eigenvalue weighted by atomic mass is 10.0. The lowest BCUT2D eigenvalue weighted by Gasteiger charge is -2.24. The van der Waals surface area contributed by atoms with E-state index in [0.717, 1.165) is 31.1 Å². The van der Waals surface area contributed by atoms with E-state index in [-0.39, 0.29) is 11.8 Å². The zero-order valence-electron chi connectivity index (χ0n) is 20.9. The summed E-state index contributed by atoms with van der Waals surface area (Å²) in [5.74, 6) is 1.97. The van der Waals surface area contributed by atoms with Gasteiger partial charge >= 0.3 is 0 Å². The second kappa shape index (κ2) is 13.5. The summed E-state index contributed by atoms with van der Waals surface area (Å²) in [7, 11) is 4.91. The first-order valence-corrected chi connectivity index (χ1v) is 11.7. The van der Waals surface area contributed by atoms with Crippen molar-refractivity contribution in [2.75, 3.05) is 47.4 Å². The Labute approximate surface area is 198 Å². The van der Waals surface area contributed by atoms with Crippen LogP contribution in [0, 0.1) is 5.92 Å². The maximum atomic E-state index is 13.3. The Bertz CT molecular complexity index is 883. The van der Waals surface area contributed by atoms with Gasteiger partial charge in [-0.15, -0.1) is 0 Å². The van der Waals surface area contributed by atoms with E-state index in [2.05, 4.69) is 41.1 Å². The Morgan fingerprint density at radius 3 is 2.27 bits per heavy atom. The predicted octanol–water partition coefficient (Wildman–Crippen LogP) is 4.46. The van der Waals surface area contributed by atoms with Crippen LogP contribution < -0.4 is 9.47 Å². The van der Waals surface area contributed by atoms with Gasteiger partial charge in [0, 0.05) is 51.3 Å². The number of benzene rings is 1. The fourth-order valence-electron chi connectivity index (χ4n) is 3.87. The van der Waals surface area contributed by atoms with Crippen LogP contribution in [0.1, 0.15) is 44.0 Å². The molecule has 0 radical (unpaired) electrons. The highest BCUT2D eigenvalue weighted by Gasteiger charge is 2.26. The number of allylic oxidation sites excluding steroid dienone is 4. The molecule has 1 aliphatic heterocycles. The van der Waals surface area contributed by atoms with Gasteiger partial charge in [-0.1, -0.05) is 51.1 Å². The minimum absolute atomic E-state index is 0.0786. The summed E-state index contributed by atoms with van der Waals surface area (Å²) in [5.41, 5.74) is 1.57. The molecule has 1 unspecified atom stereocenters. The van der Waals surface area contributed by atoms with Crippen molar-refractivity contribution in [2.24, 2.45) is 15.9 Å². The number of nitrogens with zero attached hydrogens (tertiary/aromatic N) is 4. The number of ether oxygens (including phenoxy) is 2. The molecule has 1 aromatic carbocycles. The average molecular weight is 455 g/mol. The number of hydrogen-bond acceptors (Lipinski definition) is 4. The van der Waals surface area contributed by atoms with E-state index in [0.29, 0.717) is 36.7 Å². The molecule has 1 saturated heterocycles. The van der Waals surface area contributed by atoms with Gasteiger partial charge in [-0.05, 0) is 18.6 Å². The quantitative estimate of drug-likeness (QED) is 0.500. The van der Waals surface area contributed by atoms with E-state index in [4.69, 9.17) is 14.5 Å². The van der Waals surface area contributed by atoms with Gasteiger partial charge in [0.15, 0.2) is 0 Å². The van der Waals surface area contributed by atoms with Gasteiger partial charge in [0.25, 0.3) is 5.91 Å². The van der Waals surface area contributed by atoms with Crippen LogP contribution in [-0.2, 0) is 0 Å². The van der Waals surface area contributed by atoms with E-state index in [1.165, 1.54) is 0 Å². The molecule has 1 amide bonds. The largest absolute Gasteiger partial charge is 0.496 e. The normalized spacial score (nSPS) is 20.0. The van der Waals surface area contributed by atoms with Crippen LogP contribution in [0.4, 0.5) is 0 Å². The molecule has 0 spiro atoms. The van der Waals surface area contributed by atoms with Crippen molar-refractivity contribution in [2.45, 2.75) is 33.6 Å². The number of aliphatic imine (C=N–C) groups is 2. The zero-order chi connectivity index (χ0) is 24.2. The molecule has 1 aromatic rings. The van der Waals surface area contributed by atoms with Crippen LogP contribution in [0.5, 0.6) is 11.5 Å². The summed E-state index contributed by atoms with van der Waals surface area (Å²) < 4.78 is 10.9. The fourth-order valence-corrected chi connectivity index (χ4v) is 3.87. The molecular formula is C26H38N4O3. The van der Waals surface area contributed by atoms with Crippen LogP contribution in [0.25, 0.3) is 0 Å². The maximum absolute atomic E-state index is 13.3. The molecule has 1 atom stereocenters. The summed E-state index contributed by atoms with van der Waals surface area (Å²) >= 11 is 0. The standard InChI is InChI=1S/C24H32N4O3.C2H6/c1-18-10-6-5-7-11-19(18)26-24(25-2)28-15-9-14-27(16-17-28)23(29)22-20(30-3)12-8-13-21(22)31-4;1-2/h5-8,10,12-13,18H,9,11,14-17H2,1-4H3;1-2H3/b25-24?,26-19-;. The Kier molecular flexibility index (Phi) is 10.7. The molecule has 1 fully saturated rings. The minimum atomic E-state index is -0.0786. The van der Waals surface area contributed by atoms with Gasteiger partial charge in [0.05, 0.1) is 14.2 Å². The SMILES string of the molecule is CC.CN=C(/N=C1/CC=CC=CC1C)N1CCCN(C(=O)c2c(OC)cccc2OC)CC1. The summed E-state index contributed by atoms with van der Waals surface area (Å²) in [6.07, 6.45) is 10.1. The zero-order valence-corrected chi connectivity index (χ0v) is 20.9. The summed E-state index contributed by atoms with van der Waals surface area (Å²) in [4.78, 5) is 26.7. The lowest BCUT2D eigenvalue weighted by molar-refractivity contribution is 0.0757. The molecule has 2 aliphatic rings. The van der Waals surface area contributed by atoms with Gasteiger partial charge in [-0.2, -0.15) is 0 Å². The van der Waals surface area contributed by atoms with Crippen LogP contribution in [0.2, 0.25) is 0 Å². The van der Waals surface area contributed by atoms with Gasteiger partial charge in [-0.3, -0.25) is 9.79 Å². The van der Waals surface area contributed by atoms with Crippen LogP contribution in [0.15, 0.2) is 52.5 Å². The molecule has 180 valence electrons.